The molecule has 0 spiro atoms. The third kappa shape index (κ3) is 3.96. The molecule has 1 aliphatic rings. The van der Waals surface area contributed by atoms with Crippen LogP contribution in [0.3, 0.4) is 0 Å². The predicted molar refractivity (Wildman–Crippen MR) is 91.5 cm³/mol. The molecule has 1 aromatic heterocycles. The minimum Gasteiger partial charge on any atom is -0.497 e. The van der Waals surface area contributed by atoms with Crippen LogP contribution < -0.4 is 14.8 Å². The number of carbonyl (C=O) groups excluding carboxylic acids is 1. The van der Waals surface area contributed by atoms with Gasteiger partial charge < -0.3 is 14.8 Å². The maximum Gasteiger partial charge on any atom is 0.261 e. The van der Waals surface area contributed by atoms with E-state index in [2.05, 4.69) is 10.3 Å². The van der Waals surface area contributed by atoms with Crippen molar-refractivity contribution in [2.24, 2.45) is 0 Å². The van der Waals surface area contributed by atoms with Crippen molar-refractivity contribution in [3.8, 4) is 11.6 Å². The molecule has 0 saturated carbocycles. The predicted octanol–water partition coefficient (Wildman–Crippen LogP) is 3.23. The summed E-state index contributed by atoms with van der Waals surface area (Å²) in [5, 5.41) is 2.86. The average Bonchev–Trinajstić information content (AvgIpc) is 3.09. The van der Waals surface area contributed by atoms with Gasteiger partial charge in [0.1, 0.15) is 17.4 Å². The van der Waals surface area contributed by atoms with Gasteiger partial charge in [-0.2, -0.15) is 11.8 Å². The fourth-order valence-corrected chi connectivity index (χ4v) is 3.39. The summed E-state index contributed by atoms with van der Waals surface area (Å²) < 4.78 is 11.0. The summed E-state index contributed by atoms with van der Waals surface area (Å²) in [6, 6.07) is 10.6. The SMILES string of the molecule is COc1ccc(NC(=O)c2cccnc2OC2CCSC2)cc1. The summed E-state index contributed by atoms with van der Waals surface area (Å²) in [7, 11) is 1.61. The Balaban J connectivity index is 1.73. The van der Waals surface area contributed by atoms with Crippen LogP contribution in [0.4, 0.5) is 5.69 Å². The fraction of sp³-hybridized carbons (Fsp3) is 0.294. The van der Waals surface area contributed by atoms with Crippen molar-refractivity contribution in [1.82, 2.24) is 4.98 Å². The van der Waals surface area contributed by atoms with Crippen LogP contribution >= 0.6 is 11.8 Å². The highest BCUT2D eigenvalue weighted by atomic mass is 32.2. The van der Waals surface area contributed by atoms with Gasteiger partial charge in [-0.05, 0) is 48.6 Å². The first-order valence-corrected chi connectivity index (χ1v) is 8.56. The molecule has 5 nitrogen and oxygen atoms in total. The summed E-state index contributed by atoms with van der Waals surface area (Å²) in [5.74, 6) is 2.93. The van der Waals surface area contributed by atoms with Gasteiger partial charge in [-0.25, -0.2) is 4.98 Å². The van der Waals surface area contributed by atoms with E-state index in [4.69, 9.17) is 9.47 Å². The molecular weight excluding hydrogens is 312 g/mol. The van der Waals surface area contributed by atoms with Crippen molar-refractivity contribution < 1.29 is 14.3 Å². The molecule has 1 aromatic carbocycles. The van der Waals surface area contributed by atoms with Crippen LogP contribution in [-0.4, -0.2) is 35.6 Å². The van der Waals surface area contributed by atoms with Crippen LogP contribution in [0.1, 0.15) is 16.8 Å². The minimum absolute atomic E-state index is 0.127. The Bertz CT molecular complexity index is 670. The number of benzene rings is 1. The van der Waals surface area contributed by atoms with Crippen LogP contribution in [0, 0.1) is 0 Å². The van der Waals surface area contributed by atoms with Gasteiger partial charge in [0.2, 0.25) is 5.88 Å². The third-order valence-electron chi connectivity index (χ3n) is 3.53. The van der Waals surface area contributed by atoms with Gasteiger partial charge in [0.05, 0.1) is 7.11 Å². The second-order valence-electron chi connectivity index (χ2n) is 5.14. The fourth-order valence-electron chi connectivity index (χ4n) is 2.29. The van der Waals surface area contributed by atoms with Crippen molar-refractivity contribution in [3.63, 3.8) is 0 Å². The van der Waals surface area contributed by atoms with Crippen molar-refractivity contribution in [1.29, 1.82) is 0 Å². The second kappa shape index (κ2) is 7.37. The monoisotopic (exact) mass is 330 g/mol. The lowest BCUT2D eigenvalue weighted by Crippen LogP contribution is -2.20. The molecule has 2 heterocycles. The van der Waals surface area contributed by atoms with Gasteiger partial charge in [-0.1, -0.05) is 0 Å². The van der Waals surface area contributed by atoms with Crippen LogP contribution in [0.15, 0.2) is 42.6 Å². The minimum atomic E-state index is -0.232. The Kier molecular flexibility index (Phi) is 5.02. The number of rotatable bonds is 5. The van der Waals surface area contributed by atoms with Crippen LogP contribution in [0.25, 0.3) is 0 Å². The van der Waals surface area contributed by atoms with E-state index in [0.29, 0.717) is 17.1 Å². The first-order valence-electron chi connectivity index (χ1n) is 7.41. The van der Waals surface area contributed by atoms with Crippen LogP contribution in [0.5, 0.6) is 11.6 Å². The summed E-state index contributed by atoms with van der Waals surface area (Å²) in [5.41, 5.74) is 1.14. The van der Waals surface area contributed by atoms with Gasteiger partial charge in [0, 0.05) is 17.6 Å². The molecule has 1 atom stereocenters. The lowest BCUT2D eigenvalue weighted by molar-refractivity contribution is 0.101. The number of hydrogen-bond donors (Lipinski definition) is 1. The first kappa shape index (κ1) is 15.7. The highest BCUT2D eigenvalue weighted by molar-refractivity contribution is 7.99. The van der Waals surface area contributed by atoms with E-state index >= 15 is 0 Å². The first-order chi connectivity index (χ1) is 11.3. The number of pyridine rings is 1. The summed E-state index contributed by atoms with van der Waals surface area (Å²) in [4.78, 5) is 16.7. The summed E-state index contributed by atoms with van der Waals surface area (Å²) >= 11 is 1.86. The molecule has 1 saturated heterocycles. The number of methoxy groups -OCH3 is 1. The molecule has 1 fully saturated rings. The van der Waals surface area contributed by atoms with E-state index in [0.717, 1.165) is 23.7 Å². The maximum atomic E-state index is 12.5. The van der Waals surface area contributed by atoms with E-state index in [-0.39, 0.29) is 12.0 Å². The molecule has 0 radical (unpaired) electrons. The number of aromatic nitrogens is 1. The molecule has 2 aromatic rings. The normalized spacial score (nSPS) is 16.8. The molecule has 1 aliphatic heterocycles. The number of carbonyl (C=O) groups is 1. The van der Waals surface area contributed by atoms with Crippen LogP contribution in [-0.2, 0) is 0 Å². The Hall–Kier alpha value is -2.21. The van der Waals surface area contributed by atoms with Gasteiger partial charge in [0.15, 0.2) is 0 Å². The van der Waals surface area contributed by atoms with E-state index in [1.807, 2.05) is 11.8 Å². The molecule has 1 amide bonds. The van der Waals surface area contributed by atoms with Gasteiger partial charge >= 0.3 is 0 Å². The highest BCUT2D eigenvalue weighted by Gasteiger charge is 2.21. The number of nitrogens with zero attached hydrogens (tertiary/aromatic N) is 1. The molecule has 6 heteroatoms. The number of anilines is 1. The lowest BCUT2D eigenvalue weighted by Gasteiger charge is -2.14. The zero-order valence-corrected chi connectivity index (χ0v) is 13.6. The van der Waals surface area contributed by atoms with Crippen LogP contribution in [0.2, 0.25) is 0 Å². The highest BCUT2D eigenvalue weighted by Crippen LogP contribution is 2.25. The Morgan fingerprint density at radius 3 is 2.83 bits per heavy atom. The molecule has 3 rings (SSSR count). The van der Waals surface area contributed by atoms with Gasteiger partial charge in [0.25, 0.3) is 5.91 Å². The molecule has 23 heavy (non-hydrogen) atoms. The maximum absolute atomic E-state index is 12.5. The molecular formula is C17H18N2O3S. The lowest BCUT2D eigenvalue weighted by atomic mass is 10.2. The number of hydrogen-bond acceptors (Lipinski definition) is 5. The molecule has 120 valence electrons. The van der Waals surface area contributed by atoms with E-state index < -0.39 is 0 Å². The Morgan fingerprint density at radius 2 is 2.13 bits per heavy atom. The molecule has 0 bridgehead atoms. The van der Waals surface area contributed by atoms with Gasteiger partial charge in [-0.15, -0.1) is 0 Å². The summed E-state index contributed by atoms with van der Waals surface area (Å²) in [6.07, 6.45) is 2.75. The molecule has 1 N–H and O–H groups in total. The number of ether oxygens (including phenoxy) is 2. The second-order valence-corrected chi connectivity index (χ2v) is 6.29. The number of thioether (sulfide) groups is 1. The standard InChI is InChI=1S/C17H18N2O3S/c1-21-13-6-4-12(5-7-13)19-16(20)15-3-2-9-18-17(15)22-14-8-10-23-11-14/h2-7,9,14H,8,10-11H2,1H3,(H,19,20). The van der Waals surface area contributed by atoms with Crippen molar-refractivity contribution in [2.45, 2.75) is 12.5 Å². The van der Waals surface area contributed by atoms with Gasteiger partial charge in [-0.3, -0.25) is 4.79 Å². The smallest absolute Gasteiger partial charge is 0.261 e. The summed E-state index contributed by atoms with van der Waals surface area (Å²) in [6.45, 7) is 0. The Labute approximate surface area is 139 Å². The quantitative estimate of drug-likeness (QED) is 0.912. The zero-order chi connectivity index (χ0) is 16.1. The van der Waals surface area contributed by atoms with E-state index in [9.17, 15) is 4.79 Å². The molecule has 0 aliphatic carbocycles. The zero-order valence-electron chi connectivity index (χ0n) is 12.8. The average molecular weight is 330 g/mol. The van der Waals surface area contributed by atoms with Crippen molar-refractivity contribution >= 4 is 23.4 Å². The third-order valence-corrected chi connectivity index (χ3v) is 4.66. The number of amides is 1. The topological polar surface area (TPSA) is 60.5 Å². The molecule has 1 unspecified atom stereocenters. The van der Waals surface area contributed by atoms with Crippen molar-refractivity contribution in [2.75, 3.05) is 23.9 Å². The van der Waals surface area contributed by atoms with E-state index in [1.165, 1.54) is 0 Å². The Morgan fingerprint density at radius 1 is 1.30 bits per heavy atom. The number of nitrogens with one attached hydrogen (secondary N) is 1. The van der Waals surface area contributed by atoms with E-state index in [1.54, 1.807) is 49.7 Å². The largest absolute Gasteiger partial charge is 0.497 e. The van der Waals surface area contributed by atoms with Crippen molar-refractivity contribution in [3.05, 3.63) is 48.2 Å².